The second kappa shape index (κ2) is 9.28. The summed E-state index contributed by atoms with van der Waals surface area (Å²) in [5.74, 6) is 1.38. The molecule has 10 nitrogen and oxygen atoms in total. The molecule has 0 spiro atoms. The Morgan fingerprint density at radius 1 is 1.15 bits per heavy atom. The molecule has 10 heteroatoms. The van der Waals surface area contributed by atoms with Gasteiger partial charge in [-0.05, 0) is 25.8 Å². The predicted octanol–water partition coefficient (Wildman–Crippen LogP) is 1.93. The lowest BCUT2D eigenvalue weighted by atomic mass is 10.1. The number of nitrogens with zero attached hydrogens (tertiary/aromatic N) is 6. The van der Waals surface area contributed by atoms with Gasteiger partial charge in [-0.3, -0.25) is 4.79 Å². The Labute approximate surface area is 197 Å². The van der Waals surface area contributed by atoms with E-state index >= 15 is 0 Å². The summed E-state index contributed by atoms with van der Waals surface area (Å²) in [6, 6.07) is 10.5. The number of benzene rings is 1. The van der Waals surface area contributed by atoms with Crippen LogP contribution in [0.15, 0.2) is 36.7 Å². The summed E-state index contributed by atoms with van der Waals surface area (Å²) in [5, 5.41) is 7.53. The van der Waals surface area contributed by atoms with Crippen molar-refractivity contribution in [3.63, 3.8) is 0 Å². The van der Waals surface area contributed by atoms with Crippen molar-refractivity contribution in [2.75, 3.05) is 37.7 Å². The maximum Gasteiger partial charge on any atom is 0.317 e. The van der Waals surface area contributed by atoms with E-state index in [1.165, 1.54) is 11.9 Å². The highest BCUT2D eigenvalue weighted by Crippen LogP contribution is 2.40. The molecule has 1 unspecified atom stereocenters. The molecule has 0 radical (unpaired) electrons. The van der Waals surface area contributed by atoms with E-state index in [2.05, 4.69) is 37.4 Å². The average molecular weight is 464 g/mol. The summed E-state index contributed by atoms with van der Waals surface area (Å²) in [5.41, 5.74) is 2.78. The van der Waals surface area contributed by atoms with Crippen molar-refractivity contribution in [2.24, 2.45) is 0 Å². The molecule has 1 aliphatic carbocycles. The van der Waals surface area contributed by atoms with Crippen LogP contribution in [0.4, 0.5) is 10.6 Å². The third-order valence-corrected chi connectivity index (χ3v) is 6.52. The van der Waals surface area contributed by atoms with E-state index < -0.39 is 0 Å². The van der Waals surface area contributed by atoms with Crippen LogP contribution in [-0.4, -0.2) is 75.3 Å². The highest BCUT2D eigenvalue weighted by atomic mass is 16.5. The van der Waals surface area contributed by atoms with Gasteiger partial charge in [0.2, 0.25) is 0 Å². The quantitative estimate of drug-likeness (QED) is 0.557. The summed E-state index contributed by atoms with van der Waals surface area (Å²) in [6.45, 7) is 6.37. The second-order valence-electron chi connectivity index (χ2n) is 8.74. The fourth-order valence-electron chi connectivity index (χ4n) is 4.65. The lowest BCUT2D eigenvalue weighted by Crippen LogP contribution is -2.53. The zero-order chi connectivity index (χ0) is 23.7. The van der Waals surface area contributed by atoms with Crippen molar-refractivity contribution in [1.82, 2.24) is 29.8 Å². The van der Waals surface area contributed by atoms with Crippen molar-refractivity contribution < 1.29 is 14.3 Å². The van der Waals surface area contributed by atoms with Gasteiger partial charge in [-0.25, -0.2) is 9.78 Å². The molecule has 1 saturated carbocycles. The molecule has 178 valence electrons. The van der Waals surface area contributed by atoms with Gasteiger partial charge in [0.1, 0.15) is 12.1 Å². The zero-order valence-electron chi connectivity index (χ0n) is 19.5. The molecule has 1 aromatic carbocycles. The van der Waals surface area contributed by atoms with Crippen LogP contribution in [0.1, 0.15) is 36.1 Å². The van der Waals surface area contributed by atoms with Gasteiger partial charge in [0.25, 0.3) is 5.78 Å². The fourth-order valence-corrected chi connectivity index (χ4v) is 4.65. The Morgan fingerprint density at radius 2 is 1.91 bits per heavy atom. The minimum Gasteiger partial charge on any atom is -0.466 e. The predicted molar refractivity (Wildman–Crippen MR) is 126 cm³/mol. The van der Waals surface area contributed by atoms with Gasteiger partial charge in [-0.1, -0.05) is 30.3 Å². The monoisotopic (exact) mass is 463 g/mol. The molecule has 1 aliphatic heterocycles. The smallest absolute Gasteiger partial charge is 0.317 e. The number of amides is 2. The molecular weight excluding hydrogens is 434 g/mol. The number of hydrogen-bond acceptors (Lipinski definition) is 7. The number of aromatic nitrogens is 4. The van der Waals surface area contributed by atoms with Crippen LogP contribution in [0.3, 0.4) is 0 Å². The van der Waals surface area contributed by atoms with E-state index in [1.807, 2.05) is 30.0 Å². The van der Waals surface area contributed by atoms with E-state index in [1.54, 1.807) is 11.4 Å². The highest BCUT2D eigenvalue weighted by molar-refractivity contribution is 5.77. The van der Waals surface area contributed by atoms with Crippen LogP contribution >= 0.6 is 0 Å². The summed E-state index contributed by atoms with van der Waals surface area (Å²) in [6.07, 6.45) is 2.55. The number of ether oxygens (including phenoxy) is 1. The average Bonchev–Trinajstić information content (AvgIpc) is 3.46. The number of piperazine rings is 1. The molecule has 2 aromatic heterocycles. The van der Waals surface area contributed by atoms with E-state index in [0.717, 1.165) is 23.5 Å². The van der Waals surface area contributed by atoms with Crippen molar-refractivity contribution in [1.29, 1.82) is 0 Å². The number of hydrogen-bond donors (Lipinski definition) is 1. The fraction of sp³-hybridized carbons (Fsp3) is 0.458. The van der Waals surface area contributed by atoms with Gasteiger partial charge in [0, 0.05) is 49.4 Å². The number of fused-ring (bicyclic) bond motifs is 1. The summed E-state index contributed by atoms with van der Waals surface area (Å²) in [4.78, 5) is 37.9. The van der Waals surface area contributed by atoms with Crippen LogP contribution in [0.2, 0.25) is 0 Å². The Bertz CT molecular complexity index is 1190. The number of nitrogens with one attached hydrogen (secondary N) is 1. The van der Waals surface area contributed by atoms with Gasteiger partial charge in [-0.15, -0.1) is 0 Å². The SMILES string of the molecule is CCOC(=O)Cc1c(C)nc2ncnn2c1N1CCN(C(=O)NC2C[C@H]2c2ccccc2)CC1. The van der Waals surface area contributed by atoms with Gasteiger partial charge >= 0.3 is 12.0 Å². The summed E-state index contributed by atoms with van der Waals surface area (Å²) < 4.78 is 6.85. The van der Waals surface area contributed by atoms with Crippen molar-refractivity contribution in [3.8, 4) is 0 Å². The molecule has 34 heavy (non-hydrogen) atoms. The van der Waals surface area contributed by atoms with Crippen molar-refractivity contribution >= 4 is 23.6 Å². The maximum absolute atomic E-state index is 12.9. The first kappa shape index (κ1) is 22.1. The van der Waals surface area contributed by atoms with Gasteiger partial charge in [0.15, 0.2) is 0 Å². The maximum atomic E-state index is 12.9. The number of carbonyl (C=O) groups excluding carboxylic acids is 2. The zero-order valence-corrected chi connectivity index (χ0v) is 19.5. The minimum absolute atomic E-state index is 0.0216. The standard InChI is InChI=1S/C24H29N7O3/c1-3-34-21(32)14-18-16(2)27-23-25-15-26-31(23)22(18)29-9-11-30(12-10-29)24(33)28-20-13-19(20)17-7-5-4-6-8-17/h4-8,15,19-20H,3,9-14H2,1-2H3,(H,28,33)/t19-,20?/m0/s1. The Balaban J connectivity index is 1.26. The minimum atomic E-state index is -0.302. The first-order chi connectivity index (χ1) is 16.5. The molecule has 2 fully saturated rings. The van der Waals surface area contributed by atoms with Crippen molar-refractivity contribution in [2.45, 2.75) is 38.6 Å². The molecule has 3 aromatic rings. The molecule has 2 amide bonds. The van der Waals surface area contributed by atoms with Crippen LogP contribution < -0.4 is 10.2 Å². The van der Waals surface area contributed by atoms with Gasteiger partial charge in [-0.2, -0.15) is 14.6 Å². The van der Waals surface area contributed by atoms with Gasteiger partial charge in [0.05, 0.1) is 13.0 Å². The molecule has 1 N–H and O–H groups in total. The third kappa shape index (κ3) is 4.40. The van der Waals surface area contributed by atoms with E-state index in [0.29, 0.717) is 44.5 Å². The van der Waals surface area contributed by atoms with Crippen LogP contribution in [-0.2, 0) is 16.0 Å². The van der Waals surface area contributed by atoms with Crippen LogP contribution in [0, 0.1) is 6.92 Å². The number of urea groups is 1. The topological polar surface area (TPSA) is 105 Å². The summed E-state index contributed by atoms with van der Waals surface area (Å²) >= 11 is 0. The van der Waals surface area contributed by atoms with E-state index in [4.69, 9.17) is 4.74 Å². The number of aryl methyl sites for hydroxylation is 1. The Kier molecular flexibility index (Phi) is 6.04. The number of anilines is 1. The Morgan fingerprint density at radius 3 is 2.65 bits per heavy atom. The summed E-state index contributed by atoms with van der Waals surface area (Å²) in [7, 11) is 0. The normalized spacial score (nSPS) is 19.8. The first-order valence-corrected chi connectivity index (χ1v) is 11.7. The Hall–Kier alpha value is -3.69. The van der Waals surface area contributed by atoms with Crippen LogP contribution in [0.25, 0.3) is 5.78 Å². The van der Waals surface area contributed by atoms with Gasteiger partial charge < -0.3 is 19.9 Å². The second-order valence-corrected chi connectivity index (χ2v) is 8.74. The first-order valence-electron chi connectivity index (χ1n) is 11.7. The molecule has 3 heterocycles. The lowest BCUT2D eigenvalue weighted by molar-refractivity contribution is -0.142. The molecular formula is C24H29N7O3. The number of rotatable bonds is 6. The number of esters is 1. The molecule has 2 atom stereocenters. The van der Waals surface area contributed by atoms with Crippen molar-refractivity contribution in [3.05, 3.63) is 53.5 Å². The lowest BCUT2D eigenvalue weighted by Gasteiger charge is -2.36. The van der Waals surface area contributed by atoms with E-state index in [9.17, 15) is 9.59 Å². The largest absolute Gasteiger partial charge is 0.466 e. The molecule has 0 bridgehead atoms. The number of carbonyl (C=O) groups is 2. The third-order valence-electron chi connectivity index (χ3n) is 6.52. The molecule has 2 aliphatic rings. The van der Waals surface area contributed by atoms with E-state index in [-0.39, 0.29) is 24.5 Å². The molecule has 1 saturated heterocycles. The highest BCUT2D eigenvalue weighted by Gasteiger charge is 2.40. The molecule has 5 rings (SSSR count). The van der Waals surface area contributed by atoms with Crippen LogP contribution in [0.5, 0.6) is 0 Å².